The van der Waals surface area contributed by atoms with Crippen molar-refractivity contribution in [3.05, 3.63) is 36.3 Å². The summed E-state index contributed by atoms with van der Waals surface area (Å²) in [6.45, 7) is 4.35. The molecule has 5 nitrogen and oxygen atoms in total. The molecule has 3 rings (SSSR count). The normalized spacial score (nSPS) is 16.3. The number of amides is 1. The topological polar surface area (TPSA) is 58.2 Å². The molecule has 1 atom stereocenters. The van der Waals surface area contributed by atoms with Gasteiger partial charge in [-0.05, 0) is 36.8 Å². The maximum Gasteiger partial charge on any atom is 0.236 e. The number of ether oxygens (including phenoxy) is 1. The van der Waals surface area contributed by atoms with Gasteiger partial charge in [0.15, 0.2) is 5.16 Å². The molecule has 1 aromatic carbocycles. The largest absolute Gasteiger partial charge is 0.378 e. The van der Waals surface area contributed by atoms with Crippen molar-refractivity contribution in [2.75, 3.05) is 26.3 Å². The highest BCUT2D eigenvalue weighted by Gasteiger charge is 2.24. The molecular formula is C16H18FN3O2S. The van der Waals surface area contributed by atoms with Crippen LogP contribution in [-0.4, -0.2) is 52.3 Å². The fourth-order valence-electron chi connectivity index (χ4n) is 2.40. The van der Waals surface area contributed by atoms with E-state index in [0.29, 0.717) is 31.5 Å². The van der Waals surface area contributed by atoms with Gasteiger partial charge in [0.2, 0.25) is 5.91 Å². The van der Waals surface area contributed by atoms with E-state index in [-0.39, 0.29) is 17.0 Å². The Morgan fingerprint density at radius 2 is 2.04 bits per heavy atom. The average molecular weight is 335 g/mol. The summed E-state index contributed by atoms with van der Waals surface area (Å²) < 4.78 is 18.2. The van der Waals surface area contributed by atoms with Crippen molar-refractivity contribution in [2.24, 2.45) is 0 Å². The molecule has 0 unspecified atom stereocenters. The van der Waals surface area contributed by atoms with Gasteiger partial charge in [0.25, 0.3) is 0 Å². The van der Waals surface area contributed by atoms with Crippen LogP contribution in [0.5, 0.6) is 0 Å². The van der Waals surface area contributed by atoms with Crippen molar-refractivity contribution in [1.82, 2.24) is 14.9 Å². The summed E-state index contributed by atoms with van der Waals surface area (Å²) >= 11 is 1.39. The van der Waals surface area contributed by atoms with Crippen LogP contribution in [0.25, 0.3) is 11.3 Å². The first-order valence-corrected chi connectivity index (χ1v) is 8.35. The van der Waals surface area contributed by atoms with Crippen molar-refractivity contribution in [2.45, 2.75) is 17.3 Å². The molecule has 0 spiro atoms. The first-order chi connectivity index (χ1) is 11.1. The van der Waals surface area contributed by atoms with Crippen LogP contribution in [0.3, 0.4) is 0 Å². The van der Waals surface area contributed by atoms with Gasteiger partial charge in [-0.3, -0.25) is 4.79 Å². The Hall–Kier alpha value is -1.86. The Morgan fingerprint density at radius 3 is 2.74 bits per heavy atom. The SMILES string of the molecule is C[C@@H](Sc1ncc(-c2ccc(F)cc2)[nH]1)C(=O)N1CCOCC1. The average Bonchev–Trinajstić information content (AvgIpc) is 3.04. The zero-order valence-electron chi connectivity index (χ0n) is 12.8. The minimum absolute atomic E-state index is 0.0954. The highest BCUT2D eigenvalue weighted by molar-refractivity contribution is 8.00. The number of hydrogen-bond acceptors (Lipinski definition) is 4. The van der Waals surface area contributed by atoms with Crippen LogP contribution in [0.4, 0.5) is 4.39 Å². The lowest BCUT2D eigenvalue weighted by Crippen LogP contribution is -2.44. The van der Waals surface area contributed by atoms with E-state index in [1.807, 2.05) is 11.8 Å². The number of nitrogens with one attached hydrogen (secondary N) is 1. The van der Waals surface area contributed by atoms with Crippen molar-refractivity contribution in [3.63, 3.8) is 0 Å². The number of nitrogens with zero attached hydrogens (tertiary/aromatic N) is 2. The molecule has 1 amide bonds. The van der Waals surface area contributed by atoms with Gasteiger partial charge in [-0.15, -0.1) is 0 Å². The quantitative estimate of drug-likeness (QED) is 0.873. The van der Waals surface area contributed by atoms with Gasteiger partial charge in [0, 0.05) is 13.1 Å². The summed E-state index contributed by atoms with van der Waals surface area (Å²) in [6, 6.07) is 6.21. The van der Waals surface area contributed by atoms with Gasteiger partial charge < -0.3 is 14.6 Å². The first-order valence-electron chi connectivity index (χ1n) is 7.47. The molecule has 122 valence electrons. The summed E-state index contributed by atoms with van der Waals surface area (Å²) in [5.41, 5.74) is 1.66. The van der Waals surface area contributed by atoms with Crippen LogP contribution in [-0.2, 0) is 9.53 Å². The smallest absolute Gasteiger partial charge is 0.236 e. The van der Waals surface area contributed by atoms with Crippen LogP contribution in [0.1, 0.15) is 6.92 Å². The van der Waals surface area contributed by atoms with E-state index in [1.165, 1.54) is 23.9 Å². The Kier molecular flexibility index (Phi) is 4.97. The number of H-pyrrole nitrogens is 1. The number of morpholine rings is 1. The van der Waals surface area contributed by atoms with Crippen LogP contribution in [0, 0.1) is 5.82 Å². The maximum atomic E-state index is 13.0. The number of thioether (sulfide) groups is 1. The van der Waals surface area contributed by atoms with E-state index in [1.54, 1.807) is 18.3 Å². The second-order valence-electron chi connectivity index (χ2n) is 5.31. The third-order valence-corrected chi connectivity index (χ3v) is 4.65. The molecule has 1 saturated heterocycles. The van der Waals surface area contributed by atoms with Crippen LogP contribution in [0.15, 0.2) is 35.6 Å². The van der Waals surface area contributed by atoms with Gasteiger partial charge in [-0.25, -0.2) is 9.37 Å². The molecule has 23 heavy (non-hydrogen) atoms. The second kappa shape index (κ2) is 7.14. The molecule has 0 saturated carbocycles. The number of carbonyl (C=O) groups excluding carboxylic acids is 1. The Bertz CT molecular complexity index is 668. The van der Waals surface area contributed by atoms with Crippen LogP contribution >= 0.6 is 11.8 Å². The molecule has 0 radical (unpaired) electrons. The van der Waals surface area contributed by atoms with Crippen molar-refractivity contribution < 1.29 is 13.9 Å². The number of imidazole rings is 1. The predicted molar refractivity (Wildman–Crippen MR) is 86.7 cm³/mol. The third-order valence-electron chi connectivity index (χ3n) is 3.67. The highest BCUT2D eigenvalue weighted by atomic mass is 32.2. The number of aromatic amines is 1. The van der Waals surface area contributed by atoms with Crippen molar-refractivity contribution in [3.8, 4) is 11.3 Å². The summed E-state index contributed by atoms with van der Waals surface area (Å²) in [5, 5.41) is 0.457. The van der Waals surface area contributed by atoms with E-state index in [9.17, 15) is 9.18 Å². The van der Waals surface area contributed by atoms with Crippen molar-refractivity contribution in [1.29, 1.82) is 0 Å². The number of carbonyl (C=O) groups is 1. The number of rotatable bonds is 4. The number of aromatic nitrogens is 2. The Labute approximate surface area is 138 Å². The summed E-state index contributed by atoms with van der Waals surface area (Å²) in [4.78, 5) is 21.7. The lowest BCUT2D eigenvalue weighted by Gasteiger charge is -2.28. The van der Waals surface area contributed by atoms with Gasteiger partial charge >= 0.3 is 0 Å². The van der Waals surface area contributed by atoms with E-state index in [4.69, 9.17) is 4.74 Å². The van der Waals surface area contributed by atoms with Gasteiger partial charge in [0.1, 0.15) is 5.82 Å². The summed E-state index contributed by atoms with van der Waals surface area (Å²) in [5.74, 6) is -0.175. The number of hydrogen-bond donors (Lipinski definition) is 1. The predicted octanol–water partition coefficient (Wildman–Crippen LogP) is 2.56. The third kappa shape index (κ3) is 3.92. The number of benzene rings is 1. The molecule has 1 aromatic heterocycles. The minimum Gasteiger partial charge on any atom is -0.378 e. The maximum absolute atomic E-state index is 13.0. The fraction of sp³-hybridized carbons (Fsp3) is 0.375. The van der Waals surface area contributed by atoms with Gasteiger partial charge in [0.05, 0.1) is 30.4 Å². The van der Waals surface area contributed by atoms with Crippen LogP contribution in [0.2, 0.25) is 0 Å². The lowest BCUT2D eigenvalue weighted by molar-refractivity contribution is -0.134. The molecule has 0 bridgehead atoms. The van der Waals surface area contributed by atoms with E-state index in [0.717, 1.165) is 11.3 Å². The Balaban J connectivity index is 1.64. The molecule has 1 aliphatic rings. The summed E-state index contributed by atoms with van der Waals surface area (Å²) in [7, 11) is 0. The first kappa shape index (κ1) is 16.0. The van der Waals surface area contributed by atoms with Crippen molar-refractivity contribution >= 4 is 17.7 Å². The molecule has 2 heterocycles. The van der Waals surface area contributed by atoms with E-state index < -0.39 is 0 Å². The molecule has 1 fully saturated rings. The molecule has 2 aromatic rings. The summed E-state index contributed by atoms with van der Waals surface area (Å²) in [6.07, 6.45) is 1.70. The Morgan fingerprint density at radius 1 is 1.35 bits per heavy atom. The van der Waals surface area contributed by atoms with Gasteiger partial charge in [-0.2, -0.15) is 0 Å². The molecular weight excluding hydrogens is 317 g/mol. The molecule has 7 heteroatoms. The zero-order chi connectivity index (χ0) is 16.2. The molecule has 1 N–H and O–H groups in total. The van der Waals surface area contributed by atoms with E-state index in [2.05, 4.69) is 9.97 Å². The highest BCUT2D eigenvalue weighted by Crippen LogP contribution is 2.25. The van der Waals surface area contributed by atoms with Gasteiger partial charge in [-0.1, -0.05) is 11.8 Å². The minimum atomic E-state index is -0.271. The number of halogens is 1. The molecule has 0 aliphatic carbocycles. The lowest BCUT2D eigenvalue weighted by atomic mass is 10.2. The molecule has 1 aliphatic heterocycles. The van der Waals surface area contributed by atoms with E-state index >= 15 is 0 Å². The van der Waals surface area contributed by atoms with Crippen LogP contribution < -0.4 is 0 Å². The monoisotopic (exact) mass is 335 g/mol. The standard InChI is InChI=1S/C16H18FN3O2S/c1-11(15(21)20-6-8-22-9-7-20)23-16-18-10-14(19-16)12-2-4-13(17)5-3-12/h2-5,10-11H,6-9H2,1H3,(H,18,19)/t11-/m1/s1. The zero-order valence-corrected chi connectivity index (χ0v) is 13.6. The second-order valence-corrected chi connectivity index (χ2v) is 6.64. The fourth-order valence-corrected chi connectivity index (χ4v) is 3.26.